The van der Waals surface area contributed by atoms with Gasteiger partial charge >= 0.3 is 0 Å². The maximum absolute atomic E-state index is 12.0. The fourth-order valence-electron chi connectivity index (χ4n) is 4.55. The predicted octanol–water partition coefficient (Wildman–Crippen LogP) is 2.02. The van der Waals surface area contributed by atoms with E-state index in [-0.39, 0.29) is 11.5 Å². The number of carbonyl (C=O) groups excluding carboxylic acids is 1. The molecular formula is C22H30N8O. The first-order valence-corrected chi connectivity index (χ1v) is 10.7. The number of aromatic nitrogens is 3. The average Bonchev–Trinajstić information content (AvgIpc) is 2.78. The standard InChI is InChI=1S/C22H30N8O/c1-29(2)16-8-4-5-9-17(16)30(3)18-13-25-19(20(23)31)22(28-18)27-15-11-14-7-6-10-24-21(14)26-12-15/h6-7,10,13,16-17H,4-5,8-9,11-12H2,1-3H3,(H2,23,31)(H,24,26). The second-order valence-corrected chi connectivity index (χ2v) is 8.48. The molecule has 2 unspecified atom stereocenters. The van der Waals surface area contributed by atoms with Crippen LogP contribution >= 0.6 is 0 Å². The lowest BCUT2D eigenvalue weighted by Gasteiger charge is -2.41. The van der Waals surface area contributed by atoms with Crippen molar-refractivity contribution in [3.05, 3.63) is 35.8 Å². The SMILES string of the molecule is CN(C)C1CCCCC1N(C)c1cnc(C(N)=O)c(N=C2CNc3ncccc3C2)n1. The molecule has 3 heterocycles. The van der Waals surface area contributed by atoms with Gasteiger partial charge in [-0.15, -0.1) is 0 Å². The minimum Gasteiger partial charge on any atom is -0.365 e. The van der Waals surface area contributed by atoms with E-state index >= 15 is 0 Å². The fraction of sp³-hybridized carbons (Fsp3) is 0.500. The van der Waals surface area contributed by atoms with Crippen LogP contribution in [-0.4, -0.2) is 71.2 Å². The van der Waals surface area contributed by atoms with Gasteiger partial charge in [0.1, 0.15) is 11.6 Å². The van der Waals surface area contributed by atoms with Gasteiger partial charge in [0.25, 0.3) is 5.91 Å². The number of nitrogens with zero attached hydrogens (tertiary/aromatic N) is 6. The van der Waals surface area contributed by atoms with E-state index in [1.807, 2.05) is 19.2 Å². The van der Waals surface area contributed by atoms with E-state index in [0.29, 0.717) is 30.9 Å². The van der Waals surface area contributed by atoms with E-state index in [1.165, 1.54) is 12.8 Å². The predicted molar refractivity (Wildman–Crippen MR) is 122 cm³/mol. The number of anilines is 2. The number of fused-ring (bicyclic) bond motifs is 1. The summed E-state index contributed by atoms with van der Waals surface area (Å²) in [4.78, 5) is 34.5. The minimum atomic E-state index is -0.629. The van der Waals surface area contributed by atoms with Crippen LogP contribution < -0.4 is 16.0 Å². The molecule has 0 aromatic carbocycles. The van der Waals surface area contributed by atoms with Crippen LogP contribution in [0.1, 0.15) is 41.7 Å². The topological polar surface area (TPSA) is 113 Å². The maximum atomic E-state index is 12.0. The Kier molecular flexibility index (Phi) is 6.13. The summed E-state index contributed by atoms with van der Waals surface area (Å²) in [5.74, 6) is 1.21. The number of carbonyl (C=O) groups is 1. The molecule has 2 aromatic heterocycles. The van der Waals surface area contributed by atoms with Crippen molar-refractivity contribution in [3.63, 3.8) is 0 Å². The highest BCUT2D eigenvalue weighted by Crippen LogP contribution is 2.29. The lowest BCUT2D eigenvalue weighted by molar-refractivity contribution is 0.0996. The third-order valence-corrected chi connectivity index (χ3v) is 6.20. The first-order valence-electron chi connectivity index (χ1n) is 10.7. The molecule has 1 fully saturated rings. The molecular weight excluding hydrogens is 392 g/mol. The van der Waals surface area contributed by atoms with Crippen LogP contribution in [0.5, 0.6) is 0 Å². The van der Waals surface area contributed by atoms with E-state index < -0.39 is 5.91 Å². The quantitative estimate of drug-likeness (QED) is 0.758. The van der Waals surface area contributed by atoms with Crippen LogP contribution in [0.25, 0.3) is 0 Å². The van der Waals surface area contributed by atoms with Gasteiger partial charge in [-0.1, -0.05) is 18.9 Å². The molecule has 1 aliphatic carbocycles. The molecule has 0 radical (unpaired) electrons. The van der Waals surface area contributed by atoms with Crippen molar-refractivity contribution in [3.8, 4) is 0 Å². The van der Waals surface area contributed by atoms with Gasteiger partial charge in [0.05, 0.1) is 12.7 Å². The number of likely N-dealkylation sites (N-methyl/N-ethyl adjacent to an activating group) is 2. The van der Waals surface area contributed by atoms with Crippen LogP contribution in [-0.2, 0) is 6.42 Å². The molecule has 3 N–H and O–H groups in total. The third kappa shape index (κ3) is 4.51. The molecule has 9 heteroatoms. The van der Waals surface area contributed by atoms with Crippen molar-refractivity contribution in [1.82, 2.24) is 19.9 Å². The average molecular weight is 423 g/mol. The zero-order valence-electron chi connectivity index (χ0n) is 18.4. The summed E-state index contributed by atoms with van der Waals surface area (Å²) in [5, 5.41) is 3.27. The Balaban J connectivity index is 1.65. The highest BCUT2D eigenvalue weighted by atomic mass is 16.1. The number of nitrogens with two attached hydrogens (primary N) is 1. The first kappa shape index (κ1) is 21.2. The Morgan fingerprint density at radius 1 is 1.19 bits per heavy atom. The molecule has 0 bridgehead atoms. The molecule has 31 heavy (non-hydrogen) atoms. The summed E-state index contributed by atoms with van der Waals surface area (Å²) in [6.45, 7) is 0.537. The summed E-state index contributed by atoms with van der Waals surface area (Å²) in [7, 11) is 6.29. The Morgan fingerprint density at radius 3 is 2.71 bits per heavy atom. The molecule has 0 saturated heterocycles. The van der Waals surface area contributed by atoms with Crippen LogP contribution in [0.15, 0.2) is 29.5 Å². The summed E-state index contributed by atoms with van der Waals surface area (Å²) in [5.41, 5.74) is 7.59. The van der Waals surface area contributed by atoms with Crippen molar-refractivity contribution in [2.75, 3.05) is 37.9 Å². The molecule has 1 aliphatic heterocycles. The van der Waals surface area contributed by atoms with Crippen LogP contribution in [0.2, 0.25) is 0 Å². The van der Waals surface area contributed by atoms with Crippen LogP contribution in [0, 0.1) is 0 Å². The van der Waals surface area contributed by atoms with Gasteiger partial charge in [-0.25, -0.2) is 19.9 Å². The number of hydrogen-bond acceptors (Lipinski definition) is 8. The molecule has 0 spiro atoms. The molecule has 4 rings (SSSR count). The Labute approximate surface area is 182 Å². The highest BCUT2D eigenvalue weighted by molar-refractivity contribution is 5.99. The summed E-state index contributed by atoms with van der Waals surface area (Å²) >= 11 is 0. The van der Waals surface area contributed by atoms with Gasteiger partial charge in [-0.3, -0.25) is 4.79 Å². The van der Waals surface area contributed by atoms with Crippen molar-refractivity contribution < 1.29 is 4.79 Å². The van der Waals surface area contributed by atoms with Gasteiger partial charge in [0.15, 0.2) is 11.5 Å². The number of aliphatic imine (C=N–C) groups is 1. The zero-order valence-corrected chi connectivity index (χ0v) is 18.4. The number of rotatable bonds is 5. The van der Waals surface area contributed by atoms with Crippen molar-refractivity contribution in [2.24, 2.45) is 10.7 Å². The van der Waals surface area contributed by atoms with E-state index in [9.17, 15) is 4.79 Å². The molecule has 2 atom stereocenters. The molecule has 9 nitrogen and oxygen atoms in total. The lowest BCUT2D eigenvalue weighted by Crippen LogP contribution is -2.50. The summed E-state index contributed by atoms with van der Waals surface area (Å²) < 4.78 is 0. The molecule has 2 aromatic rings. The normalized spacial score (nSPS) is 22.1. The maximum Gasteiger partial charge on any atom is 0.271 e. The summed E-state index contributed by atoms with van der Waals surface area (Å²) in [6.07, 6.45) is 8.71. The minimum absolute atomic E-state index is 0.0921. The second-order valence-electron chi connectivity index (χ2n) is 8.48. The zero-order chi connectivity index (χ0) is 22.0. The van der Waals surface area contributed by atoms with Crippen molar-refractivity contribution in [1.29, 1.82) is 0 Å². The Morgan fingerprint density at radius 2 is 1.97 bits per heavy atom. The van der Waals surface area contributed by atoms with Gasteiger partial charge in [-0.05, 0) is 33.0 Å². The number of amides is 1. The molecule has 164 valence electrons. The number of pyridine rings is 1. The van der Waals surface area contributed by atoms with E-state index in [1.54, 1.807) is 12.4 Å². The van der Waals surface area contributed by atoms with E-state index in [4.69, 9.17) is 15.7 Å². The van der Waals surface area contributed by atoms with E-state index in [0.717, 1.165) is 29.9 Å². The van der Waals surface area contributed by atoms with E-state index in [2.05, 4.69) is 39.2 Å². The molecule has 2 aliphatic rings. The Bertz CT molecular complexity index is 989. The van der Waals surface area contributed by atoms with Crippen molar-refractivity contribution in [2.45, 2.75) is 44.2 Å². The first-order chi connectivity index (χ1) is 14.9. The largest absolute Gasteiger partial charge is 0.365 e. The lowest BCUT2D eigenvalue weighted by atomic mass is 9.88. The monoisotopic (exact) mass is 422 g/mol. The summed E-state index contributed by atoms with van der Waals surface area (Å²) in [6, 6.07) is 4.68. The van der Waals surface area contributed by atoms with Gasteiger partial charge in [-0.2, -0.15) is 0 Å². The Hall–Kier alpha value is -3.07. The van der Waals surface area contributed by atoms with Gasteiger partial charge in [0.2, 0.25) is 0 Å². The highest BCUT2D eigenvalue weighted by Gasteiger charge is 2.31. The second kappa shape index (κ2) is 8.97. The van der Waals surface area contributed by atoms with Crippen molar-refractivity contribution >= 4 is 29.1 Å². The smallest absolute Gasteiger partial charge is 0.271 e. The number of hydrogen-bond donors (Lipinski definition) is 2. The van der Waals surface area contributed by atoms with Gasteiger partial charge in [0, 0.05) is 43.0 Å². The van der Waals surface area contributed by atoms with Gasteiger partial charge < -0.3 is 20.9 Å². The van der Waals surface area contributed by atoms with Crippen LogP contribution in [0.4, 0.5) is 17.5 Å². The third-order valence-electron chi connectivity index (χ3n) is 6.20. The fourth-order valence-corrected chi connectivity index (χ4v) is 4.55. The number of primary amides is 1. The molecule has 1 saturated carbocycles. The molecule has 1 amide bonds. The van der Waals surface area contributed by atoms with Crippen LogP contribution in [0.3, 0.4) is 0 Å². The number of nitrogens with one attached hydrogen (secondary N) is 1.